The van der Waals surface area contributed by atoms with Crippen LogP contribution in [0.2, 0.25) is 0 Å². The molecule has 0 aliphatic rings. The number of imidazole rings is 1. The van der Waals surface area contributed by atoms with E-state index in [-0.39, 0.29) is 0 Å². The van der Waals surface area contributed by atoms with Crippen LogP contribution < -0.4 is 5.48 Å². The molecule has 0 saturated carbocycles. The van der Waals surface area contributed by atoms with Gasteiger partial charge in [0.05, 0.1) is 11.4 Å². The molecule has 0 aromatic carbocycles. The number of nitrogens with zero attached hydrogens (tertiary/aromatic N) is 3. The Morgan fingerprint density at radius 3 is 2.71 bits per heavy atom. The van der Waals surface area contributed by atoms with Crippen LogP contribution >= 0.6 is 0 Å². The molecule has 28 heavy (non-hydrogen) atoms. The third-order valence-corrected chi connectivity index (χ3v) is 5.04. The van der Waals surface area contributed by atoms with Gasteiger partial charge in [-0.05, 0) is 56.1 Å². The van der Waals surface area contributed by atoms with E-state index in [1.807, 2.05) is 18.3 Å². The summed E-state index contributed by atoms with van der Waals surface area (Å²) in [6.45, 7) is 9.69. The smallest absolute Gasteiger partial charge is 0.267 e. The van der Waals surface area contributed by atoms with Crippen LogP contribution in [0.25, 0.3) is 11.7 Å². The lowest BCUT2D eigenvalue weighted by atomic mass is 10.1. The Kier molecular flexibility index (Phi) is 9.17. The summed E-state index contributed by atoms with van der Waals surface area (Å²) in [5.41, 5.74) is 5.84. The van der Waals surface area contributed by atoms with Crippen molar-refractivity contribution in [3.63, 3.8) is 0 Å². The minimum Gasteiger partial charge on any atom is -0.302 e. The molecule has 0 unspecified atom stereocenters. The molecule has 0 bridgehead atoms. The van der Waals surface area contributed by atoms with Crippen molar-refractivity contribution in [2.24, 2.45) is 0 Å². The number of rotatable bonds is 12. The molecule has 0 fully saturated rings. The normalized spacial score (nSPS) is 11.8. The maximum atomic E-state index is 11.2. The largest absolute Gasteiger partial charge is 0.302 e. The van der Waals surface area contributed by atoms with Crippen LogP contribution in [0.4, 0.5) is 0 Å². The Bertz CT molecular complexity index is 782. The van der Waals surface area contributed by atoms with Gasteiger partial charge in [-0.1, -0.05) is 40.0 Å². The van der Waals surface area contributed by atoms with Gasteiger partial charge in [-0.25, -0.2) is 10.5 Å². The van der Waals surface area contributed by atoms with Crippen LogP contribution in [-0.2, 0) is 17.8 Å². The van der Waals surface area contributed by atoms with Gasteiger partial charge in [0.2, 0.25) is 0 Å². The average Bonchev–Trinajstić information content (AvgIpc) is 3.05. The van der Waals surface area contributed by atoms with Gasteiger partial charge in [-0.2, -0.15) is 0 Å². The van der Waals surface area contributed by atoms with E-state index < -0.39 is 5.91 Å². The van der Waals surface area contributed by atoms with Crippen molar-refractivity contribution in [1.29, 1.82) is 0 Å². The number of pyridine rings is 1. The van der Waals surface area contributed by atoms with E-state index in [1.165, 1.54) is 43.1 Å². The molecular formula is C22H34N4O2. The first kappa shape index (κ1) is 22.1. The van der Waals surface area contributed by atoms with Crippen molar-refractivity contribution < 1.29 is 10.0 Å². The topological polar surface area (TPSA) is 69.9 Å². The number of hydroxylamine groups is 1. The fraction of sp³-hybridized carbons (Fsp3) is 0.545. The molecule has 2 N–H and O–H groups in total. The summed E-state index contributed by atoms with van der Waals surface area (Å²) in [4.78, 5) is 18.6. The molecule has 0 aliphatic heterocycles. The Labute approximate surface area is 168 Å². The number of unbranched alkanes of at least 4 members (excludes halogenated alkanes) is 3. The highest BCUT2D eigenvalue weighted by Crippen LogP contribution is 2.19. The minimum atomic E-state index is -0.543. The Balaban J connectivity index is 2.33. The summed E-state index contributed by atoms with van der Waals surface area (Å²) in [5.74, 6) is -0.543. The first-order valence-corrected chi connectivity index (χ1v) is 10.5. The first-order chi connectivity index (χ1) is 13.6. The summed E-state index contributed by atoms with van der Waals surface area (Å²) in [7, 11) is 0. The summed E-state index contributed by atoms with van der Waals surface area (Å²) in [6.07, 6.45) is 12.0. The highest BCUT2D eigenvalue weighted by Gasteiger charge is 2.15. The second-order valence-corrected chi connectivity index (χ2v) is 7.18. The highest BCUT2D eigenvalue weighted by molar-refractivity contribution is 5.90. The zero-order valence-electron chi connectivity index (χ0n) is 17.4. The maximum absolute atomic E-state index is 11.2. The molecular weight excluding hydrogens is 352 g/mol. The van der Waals surface area contributed by atoms with Gasteiger partial charge in [-0.15, -0.1) is 0 Å². The Hall–Kier alpha value is -2.18. The van der Waals surface area contributed by atoms with Gasteiger partial charge >= 0.3 is 0 Å². The number of aryl methyl sites for hydroxylation is 1. The SMILES string of the molecule is CCCCCc1nc2cc(C=CC(=O)NO)ccn2c1CN(CC)CCCC. The van der Waals surface area contributed by atoms with Crippen LogP contribution in [0, 0.1) is 0 Å². The second-order valence-electron chi connectivity index (χ2n) is 7.18. The van der Waals surface area contributed by atoms with Crippen molar-refractivity contribution in [1.82, 2.24) is 19.8 Å². The van der Waals surface area contributed by atoms with Crippen molar-refractivity contribution >= 4 is 17.6 Å². The minimum absolute atomic E-state index is 0.543. The third-order valence-electron chi connectivity index (χ3n) is 5.04. The van der Waals surface area contributed by atoms with Crippen LogP contribution in [0.3, 0.4) is 0 Å². The molecule has 6 nitrogen and oxygen atoms in total. The standard InChI is InChI=1S/C22H34N4O2/c1-4-7-9-10-19-20(17-25(6-3)14-8-5-2)26-15-13-18(16-21(26)23-19)11-12-22(27)24-28/h11-13,15-16,28H,4-10,14,17H2,1-3H3,(H,24,27). The monoisotopic (exact) mass is 386 g/mol. The predicted molar refractivity (Wildman–Crippen MR) is 113 cm³/mol. The highest BCUT2D eigenvalue weighted by atomic mass is 16.5. The fourth-order valence-corrected chi connectivity index (χ4v) is 3.33. The van der Waals surface area contributed by atoms with Crippen LogP contribution in [-0.4, -0.2) is 38.5 Å². The predicted octanol–water partition coefficient (Wildman–Crippen LogP) is 4.21. The third kappa shape index (κ3) is 6.17. The van der Waals surface area contributed by atoms with E-state index in [4.69, 9.17) is 10.2 Å². The molecule has 154 valence electrons. The van der Waals surface area contributed by atoms with Gasteiger partial charge < -0.3 is 4.40 Å². The zero-order valence-corrected chi connectivity index (χ0v) is 17.4. The van der Waals surface area contributed by atoms with Crippen molar-refractivity contribution in [3.05, 3.63) is 41.4 Å². The first-order valence-electron chi connectivity index (χ1n) is 10.5. The summed E-state index contributed by atoms with van der Waals surface area (Å²) >= 11 is 0. The van der Waals surface area contributed by atoms with E-state index in [1.54, 1.807) is 11.6 Å². The number of hydrogen-bond donors (Lipinski definition) is 2. The number of hydrogen-bond acceptors (Lipinski definition) is 4. The molecule has 0 radical (unpaired) electrons. The van der Waals surface area contributed by atoms with E-state index in [2.05, 4.69) is 30.1 Å². The molecule has 0 atom stereocenters. The van der Waals surface area contributed by atoms with Gasteiger partial charge in [-0.3, -0.25) is 14.9 Å². The van der Waals surface area contributed by atoms with E-state index in [0.29, 0.717) is 0 Å². The summed E-state index contributed by atoms with van der Waals surface area (Å²) in [5, 5.41) is 8.62. The molecule has 0 saturated heterocycles. The number of amides is 1. The van der Waals surface area contributed by atoms with E-state index >= 15 is 0 Å². The number of carbonyl (C=O) groups excluding carboxylic acids is 1. The van der Waals surface area contributed by atoms with Crippen LogP contribution in [0.15, 0.2) is 24.4 Å². The lowest BCUT2D eigenvalue weighted by molar-refractivity contribution is -0.124. The van der Waals surface area contributed by atoms with Crippen molar-refractivity contribution in [2.75, 3.05) is 13.1 Å². The maximum Gasteiger partial charge on any atom is 0.267 e. The zero-order chi connectivity index (χ0) is 20.4. The summed E-state index contributed by atoms with van der Waals surface area (Å²) in [6, 6.07) is 3.95. The average molecular weight is 387 g/mol. The van der Waals surface area contributed by atoms with Crippen molar-refractivity contribution in [2.45, 2.75) is 65.8 Å². The molecule has 2 heterocycles. The Morgan fingerprint density at radius 1 is 1.25 bits per heavy atom. The number of fused-ring (bicyclic) bond motifs is 1. The Morgan fingerprint density at radius 2 is 2.04 bits per heavy atom. The van der Waals surface area contributed by atoms with Gasteiger partial charge in [0.25, 0.3) is 5.91 Å². The van der Waals surface area contributed by atoms with Gasteiger partial charge in [0, 0.05) is 18.8 Å². The van der Waals surface area contributed by atoms with Crippen LogP contribution in [0.1, 0.15) is 69.8 Å². The molecule has 0 aliphatic carbocycles. The van der Waals surface area contributed by atoms with Gasteiger partial charge in [0.15, 0.2) is 0 Å². The molecule has 2 aromatic rings. The molecule has 2 rings (SSSR count). The quantitative estimate of drug-likeness (QED) is 0.248. The molecule has 6 heteroatoms. The number of carbonyl (C=O) groups is 1. The van der Waals surface area contributed by atoms with E-state index in [9.17, 15) is 4.79 Å². The fourth-order valence-electron chi connectivity index (χ4n) is 3.33. The molecule has 0 spiro atoms. The van der Waals surface area contributed by atoms with Crippen molar-refractivity contribution in [3.8, 4) is 0 Å². The summed E-state index contributed by atoms with van der Waals surface area (Å²) < 4.78 is 2.18. The lowest BCUT2D eigenvalue weighted by Gasteiger charge is -2.20. The molecule has 1 amide bonds. The van der Waals surface area contributed by atoms with Crippen LogP contribution in [0.5, 0.6) is 0 Å². The van der Waals surface area contributed by atoms with E-state index in [0.717, 1.165) is 43.7 Å². The number of nitrogens with one attached hydrogen (secondary N) is 1. The van der Waals surface area contributed by atoms with Gasteiger partial charge in [0.1, 0.15) is 5.65 Å². The second kappa shape index (κ2) is 11.6. The molecule has 2 aromatic heterocycles. The number of aromatic nitrogens is 2. The lowest BCUT2D eigenvalue weighted by Crippen LogP contribution is -2.25.